The molecule has 0 bridgehead atoms. The SMILES string of the molecule is Cc1cccc2ccnc(N(C(=O)c3ccc(Nc4ncccn4)cn3)[C@@H]3CCCNC3)c12. The highest BCUT2D eigenvalue weighted by Gasteiger charge is 2.31. The van der Waals surface area contributed by atoms with Crippen LogP contribution < -0.4 is 15.5 Å². The molecule has 4 aromatic rings. The molecule has 4 heterocycles. The summed E-state index contributed by atoms with van der Waals surface area (Å²) in [7, 11) is 0. The number of fused-ring (bicyclic) bond motifs is 1. The van der Waals surface area contributed by atoms with Crippen LogP contribution in [0.25, 0.3) is 10.8 Å². The molecule has 1 aliphatic heterocycles. The Morgan fingerprint density at radius 2 is 1.91 bits per heavy atom. The lowest BCUT2D eigenvalue weighted by Gasteiger charge is -2.34. The molecular formula is C25H25N7O. The number of benzene rings is 1. The second-order valence-electron chi connectivity index (χ2n) is 8.11. The molecule has 5 rings (SSSR count). The van der Waals surface area contributed by atoms with E-state index in [0.29, 0.717) is 23.1 Å². The molecule has 33 heavy (non-hydrogen) atoms. The van der Waals surface area contributed by atoms with Gasteiger partial charge in [-0.1, -0.05) is 18.2 Å². The van der Waals surface area contributed by atoms with Gasteiger partial charge in [0.1, 0.15) is 11.5 Å². The molecular weight excluding hydrogens is 414 g/mol. The number of pyridine rings is 2. The van der Waals surface area contributed by atoms with Crippen LogP contribution in [0.3, 0.4) is 0 Å². The molecule has 3 aromatic heterocycles. The molecule has 166 valence electrons. The van der Waals surface area contributed by atoms with E-state index in [1.165, 1.54) is 0 Å². The number of amides is 1. The summed E-state index contributed by atoms with van der Waals surface area (Å²) in [5.41, 5.74) is 2.17. The lowest BCUT2D eigenvalue weighted by atomic mass is 10.0. The van der Waals surface area contributed by atoms with E-state index in [2.05, 4.69) is 49.6 Å². The molecule has 0 spiro atoms. The average molecular weight is 440 g/mol. The predicted octanol–water partition coefficient (Wildman–Crippen LogP) is 3.87. The lowest BCUT2D eigenvalue weighted by Crippen LogP contribution is -2.49. The fourth-order valence-electron chi connectivity index (χ4n) is 4.27. The highest BCUT2D eigenvalue weighted by Crippen LogP contribution is 2.31. The quantitative estimate of drug-likeness (QED) is 0.487. The summed E-state index contributed by atoms with van der Waals surface area (Å²) >= 11 is 0. The highest BCUT2D eigenvalue weighted by molar-refractivity contribution is 6.10. The second-order valence-corrected chi connectivity index (χ2v) is 8.11. The lowest BCUT2D eigenvalue weighted by molar-refractivity contribution is 0.0967. The maximum atomic E-state index is 13.8. The number of nitrogens with one attached hydrogen (secondary N) is 2. The van der Waals surface area contributed by atoms with Crippen molar-refractivity contribution in [3.8, 4) is 0 Å². The van der Waals surface area contributed by atoms with Gasteiger partial charge in [0, 0.05) is 30.5 Å². The molecule has 1 saturated heterocycles. The minimum absolute atomic E-state index is 0.00118. The Labute approximate surface area is 192 Å². The molecule has 1 aromatic carbocycles. The minimum atomic E-state index is -0.158. The number of rotatable bonds is 5. The summed E-state index contributed by atoms with van der Waals surface area (Å²) in [6.45, 7) is 3.74. The zero-order valence-corrected chi connectivity index (χ0v) is 18.4. The minimum Gasteiger partial charge on any atom is -0.323 e. The van der Waals surface area contributed by atoms with E-state index >= 15 is 0 Å². The fraction of sp³-hybridized carbons (Fsp3) is 0.240. The third-order valence-corrected chi connectivity index (χ3v) is 5.87. The Balaban J connectivity index is 1.51. The molecule has 1 fully saturated rings. The molecule has 0 radical (unpaired) electrons. The van der Waals surface area contributed by atoms with Crippen LogP contribution in [0.1, 0.15) is 28.9 Å². The number of hydrogen-bond donors (Lipinski definition) is 2. The van der Waals surface area contributed by atoms with Gasteiger partial charge in [0.15, 0.2) is 0 Å². The number of carbonyl (C=O) groups is 1. The van der Waals surface area contributed by atoms with E-state index < -0.39 is 0 Å². The molecule has 1 atom stereocenters. The topological polar surface area (TPSA) is 95.9 Å². The van der Waals surface area contributed by atoms with Gasteiger partial charge >= 0.3 is 0 Å². The number of aromatic nitrogens is 4. The number of hydrogen-bond acceptors (Lipinski definition) is 7. The van der Waals surface area contributed by atoms with Gasteiger partial charge in [-0.25, -0.2) is 19.9 Å². The first-order valence-electron chi connectivity index (χ1n) is 11.1. The van der Waals surface area contributed by atoms with Crippen molar-refractivity contribution >= 4 is 34.1 Å². The maximum Gasteiger partial charge on any atom is 0.278 e. The van der Waals surface area contributed by atoms with Crippen LogP contribution in [-0.2, 0) is 0 Å². The van der Waals surface area contributed by atoms with E-state index in [0.717, 1.165) is 42.3 Å². The zero-order valence-electron chi connectivity index (χ0n) is 18.4. The number of nitrogens with zero attached hydrogens (tertiary/aromatic N) is 5. The molecule has 8 heteroatoms. The summed E-state index contributed by atoms with van der Waals surface area (Å²) in [6, 6.07) is 13.4. The van der Waals surface area contributed by atoms with E-state index in [-0.39, 0.29) is 11.9 Å². The Hall–Kier alpha value is -3.91. The number of piperidine rings is 1. The molecule has 0 unspecified atom stereocenters. The summed E-state index contributed by atoms with van der Waals surface area (Å²) in [5.74, 6) is 1.00. The van der Waals surface area contributed by atoms with Gasteiger partial charge in [-0.15, -0.1) is 0 Å². The van der Waals surface area contributed by atoms with Gasteiger partial charge < -0.3 is 10.6 Å². The van der Waals surface area contributed by atoms with Crippen molar-refractivity contribution in [2.75, 3.05) is 23.3 Å². The normalized spacial score (nSPS) is 15.8. The summed E-state index contributed by atoms with van der Waals surface area (Å²) in [4.78, 5) is 33.1. The molecule has 0 aliphatic carbocycles. The molecule has 2 N–H and O–H groups in total. The Morgan fingerprint density at radius 3 is 2.67 bits per heavy atom. The molecule has 0 saturated carbocycles. The van der Waals surface area contributed by atoms with Crippen LogP contribution in [0.4, 0.5) is 17.5 Å². The number of aryl methyl sites for hydroxylation is 1. The van der Waals surface area contributed by atoms with Gasteiger partial charge in [0.25, 0.3) is 5.91 Å². The number of anilines is 3. The van der Waals surface area contributed by atoms with Crippen LogP contribution in [0, 0.1) is 6.92 Å². The first-order chi connectivity index (χ1) is 16.2. The van der Waals surface area contributed by atoms with Crippen LogP contribution in [0.5, 0.6) is 0 Å². The van der Waals surface area contributed by atoms with Gasteiger partial charge in [-0.3, -0.25) is 9.69 Å². The first kappa shape index (κ1) is 21.0. The molecule has 8 nitrogen and oxygen atoms in total. The Bertz CT molecular complexity index is 1250. The third kappa shape index (κ3) is 4.38. The Kier molecular flexibility index (Phi) is 5.91. The van der Waals surface area contributed by atoms with Crippen LogP contribution >= 0.6 is 0 Å². The zero-order chi connectivity index (χ0) is 22.6. The summed E-state index contributed by atoms with van der Waals surface area (Å²) < 4.78 is 0. The average Bonchev–Trinajstić information content (AvgIpc) is 2.86. The highest BCUT2D eigenvalue weighted by atomic mass is 16.2. The van der Waals surface area contributed by atoms with Gasteiger partial charge in [0.2, 0.25) is 5.95 Å². The van der Waals surface area contributed by atoms with Crippen molar-refractivity contribution in [2.24, 2.45) is 0 Å². The molecule has 1 amide bonds. The van der Waals surface area contributed by atoms with Crippen molar-refractivity contribution in [2.45, 2.75) is 25.8 Å². The monoisotopic (exact) mass is 439 g/mol. The van der Waals surface area contributed by atoms with Crippen molar-refractivity contribution < 1.29 is 4.79 Å². The first-order valence-corrected chi connectivity index (χ1v) is 11.1. The maximum absolute atomic E-state index is 13.8. The van der Waals surface area contributed by atoms with Gasteiger partial charge in [-0.05, 0) is 61.5 Å². The third-order valence-electron chi connectivity index (χ3n) is 5.87. The summed E-state index contributed by atoms with van der Waals surface area (Å²) in [5, 5.41) is 8.58. The van der Waals surface area contributed by atoms with Crippen molar-refractivity contribution in [1.29, 1.82) is 0 Å². The van der Waals surface area contributed by atoms with Crippen molar-refractivity contribution in [3.05, 3.63) is 78.5 Å². The van der Waals surface area contributed by atoms with Crippen molar-refractivity contribution in [1.82, 2.24) is 25.3 Å². The van der Waals surface area contributed by atoms with Crippen LogP contribution in [0.15, 0.2) is 67.3 Å². The largest absolute Gasteiger partial charge is 0.323 e. The van der Waals surface area contributed by atoms with Crippen molar-refractivity contribution in [3.63, 3.8) is 0 Å². The van der Waals surface area contributed by atoms with Gasteiger partial charge in [0.05, 0.1) is 17.9 Å². The van der Waals surface area contributed by atoms with Crippen LogP contribution in [0.2, 0.25) is 0 Å². The molecule has 1 aliphatic rings. The fourth-order valence-corrected chi connectivity index (χ4v) is 4.27. The standard InChI is InChI=1S/C25H25N7O/c1-17-5-2-6-18-10-14-27-23(22(17)18)32(20-7-3-11-26-16-20)24(33)21-9-8-19(15-30-21)31-25-28-12-4-13-29-25/h2,4-6,8-10,12-15,20,26H,3,7,11,16H2,1H3,(H,28,29,31)/t20-/m1/s1. The number of carbonyl (C=O) groups excluding carboxylic acids is 1. The van der Waals surface area contributed by atoms with Gasteiger partial charge in [-0.2, -0.15) is 0 Å². The van der Waals surface area contributed by atoms with E-state index in [1.807, 2.05) is 23.1 Å². The second kappa shape index (κ2) is 9.30. The van der Waals surface area contributed by atoms with E-state index in [1.54, 1.807) is 36.9 Å². The Morgan fingerprint density at radius 1 is 1.03 bits per heavy atom. The smallest absolute Gasteiger partial charge is 0.278 e. The van der Waals surface area contributed by atoms with Crippen LogP contribution in [-0.4, -0.2) is 45.0 Å². The predicted molar refractivity (Wildman–Crippen MR) is 129 cm³/mol. The van der Waals surface area contributed by atoms with E-state index in [9.17, 15) is 4.79 Å². The summed E-state index contributed by atoms with van der Waals surface area (Å²) in [6.07, 6.45) is 8.64. The van der Waals surface area contributed by atoms with E-state index in [4.69, 9.17) is 0 Å².